The van der Waals surface area contributed by atoms with Crippen molar-refractivity contribution in [3.8, 4) is 17.6 Å². The van der Waals surface area contributed by atoms with E-state index in [-0.39, 0.29) is 12.5 Å². The fourth-order valence-electron chi connectivity index (χ4n) is 3.51. The van der Waals surface area contributed by atoms with Crippen molar-refractivity contribution in [3.05, 3.63) is 39.8 Å². The Balaban J connectivity index is 1.64. The number of amides is 1. The van der Waals surface area contributed by atoms with Crippen LogP contribution in [0.4, 0.5) is 5.00 Å². The molecular formula is C21H25N3O3S. The predicted octanol–water partition coefficient (Wildman–Crippen LogP) is 3.59. The number of fused-ring (bicyclic) bond motifs is 1. The van der Waals surface area contributed by atoms with Crippen molar-refractivity contribution in [2.24, 2.45) is 0 Å². The number of hydrogen-bond donors (Lipinski definition) is 1. The Morgan fingerprint density at radius 2 is 2.07 bits per heavy atom. The van der Waals surface area contributed by atoms with Crippen LogP contribution in [0.2, 0.25) is 0 Å². The lowest BCUT2D eigenvalue weighted by molar-refractivity contribution is -0.117. The van der Waals surface area contributed by atoms with Crippen LogP contribution in [0.1, 0.15) is 34.4 Å². The molecule has 1 heterocycles. The van der Waals surface area contributed by atoms with Crippen LogP contribution in [-0.2, 0) is 24.2 Å². The maximum Gasteiger partial charge on any atom is 0.239 e. The van der Waals surface area contributed by atoms with Gasteiger partial charge in [-0.05, 0) is 44.4 Å². The molecule has 148 valence electrons. The lowest BCUT2D eigenvalue weighted by Crippen LogP contribution is -2.30. The summed E-state index contributed by atoms with van der Waals surface area (Å²) in [7, 11) is 5.11. The SMILES string of the molecule is COc1ccc(CN(C)CC(=O)Nc2sc3c(c2C#N)CCCC3)c(OC)c1. The minimum Gasteiger partial charge on any atom is -0.497 e. The first-order chi connectivity index (χ1) is 13.5. The summed E-state index contributed by atoms with van der Waals surface area (Å²) in [6, 6.07) is 7.93. The van der Waals surface area contributed by atoms with Gasteiger partial charge in [-0.1, -0.05) is 6.07 Å². The third-order valence-corrected chi connectivity index (χ3v) is 6.09. The molecule has 0 fully saturated rings. The number of rotatable bonds is 7. The second kappa shape index (κ2) is 9.09. The van der Waals surface area contributed by atoms with Crippen molar-refractivity contribution in [1.29, 1.82) is 5.26 Å². The van der Waals surface area contributed by atoms with Crippen molar-refractivity contribution < 1.29 is 14.3 Å². The molecule has 1 N–H and O–H groups in total. The first kappa shape index (κ1) is 20.2. The van der Waals surface area contributed by atoms with E-state index in [2.05, 4.69) is 11.4 Å². The number of nitriles is 1. The largest absolute Gasteiger partial charge is 0.497 e. The zero-order valence-electron chi connectivity index (χ0n) is 16.5. The van der Waals surface area contributed by atoms with Gasteiger partial charge in [-0.15, -0.1) is 11.3 Å². The molecule has 1 aliphatic rings. The molecule has 1 amide bonds. The summed E-state index contributed by atoms with van der Waals surface area (Å²) in [5, 5.41) is 13.2. The van der Waals surface area contributed by atoms with Crippen LogP contribution in [0.5, 0.6) is 11.5 Å². The summed E-state index contributed by atoms with van der Waals surface area (Å²) in [5.41, 5.74) is 2.75. The molecule has 2 aromatic rings. The quantitative estimate of drug-likeness (QED) is 0.770. The number of ether oxygens (including phenoxy) is 2. The van der Waals surface area contributed by atoms with E-state index in [1.165, 1.54) is 4.88 Å². The van der Waals surface area contributed by atoms with E-state index in [0.717, 1.165) is 48.3 Å². The number of methoxy groups -OCH3 is 2. The van der Waals surface area contributed by atoms with Gasteiger partial charge >= 0.3 is 0 Å². The normalized spacial score (nSPS) is 13.0. The van der Waals surface area contributed by atoms with Gasteiger partial charge in [-0.3, -0.25) is 9.69 Å². The zero-order chi connectivity index (χ0) is 20.1. The second-order valence-corrected chi connectivity index (χ2v) is 8.03. The van der Waals surface area contributed by atoms with Crippen molar-refractivity contribution in [2.75, 3.05) is 33.1 Å². The zero-order valence-corrected chi connectivity index (χ0v) is 17.3. The fourth-order valence-corrected chi connectivity index (χ4v) is 4.77. The number of anilines is 1. The van der Waals surface area contributed by atoms with E-state index < -0.39 is 0 Å². The highest BCUT2D eigenvalue weighted by Gasteiger charge is 2.22. The van der Waals surface area contributed by atoms with Gasteiger partial charge in [0.2, 0.25) is 5.91 Å². The number of aryl methyl sites for hydroxylation is 1. The third kappa shape index (κ3) is 4.46. The second-order valence-electron chi connectivity index (χ2n) is 6.93. The van der Waals surface area contributed by atoms with Gasteiger partial charge in [0.15, 0.2) is 0 Å². The molecule has 0 unspecified atom stereocenters. The van der Waals surface area contributed by atoms with Gasteiger partial charge in [-0.2, -0.15) is 5.26 Å². The molecule has 28 heavy (non-hydrogen) atoms. The highest BCUT2D eigenvalue weighted by molar-refractivity contribution is 7.16. The van der Waals surface area contributed by atoms with Gasteiger partial charge < -0.3 is 14.8 Å². The highest BCUT2D eigenvalue weighted by atomic mass is 32.1. The first-order valence-electron chi connectivity index (χ1n) is 9.29. The van der Waals surface area contributed by atoms with E-state index >= 15 is 0 Å². The number of nitrogens with one attached hydrogen (secondary N) is 1. The Kier molecular flexibility index (Phi) is 6.55. The Bertz CT molecular complexity index is 901. The number of thiophene rings is 1. The van der Waals surface area contributed by atoms with Gasteiger partial charge in [0.05, 0.1) is 26.3 Å². The monoisotopic (exact) mass is 399 g/mol. The van der Waals surface area contributed by atoms with Crippen LogP contribution in [0, 0.1) is 11.3 Å². The minimum absolute atomic E-state index is 0.120. The summed E-state index contributed by atoms with van der Waals surface area (Å²) in [5.74, 6) is 1.33. The number of carbonyl (C=O) groups is 1. The molecule has 6 nitrogen and oxygen atoms in total. The van der Waals surface area contributed by atoms with Gasteiger partial charge in [-0.25, -0.2) is 0 Å². The van der Waals surface area contributed by atoms with Crippen LogP contribution >= 0.6 is 11.3 Å². The minimum atomic E-state index is -0.120. The average Bonchev–Trinajstić information content (AvgIpc) is 3.04. The number of hydrogen-bond acceptors (Lipinski definition) is 6. The number of nitrogens with zero attached hydrogens (tertiary/aromatic N) is 2. The smallest absolute Gasteiger partial charge is 0.239 e. The highest BCUT2D eigenvalue weighted by Crippen LogP contribution is 2.37. The Hall–Kier alpha value is -2.56. The molecule has 0 aliphatic heterocycles. The Labute approximate surface area is 169 Å². The van der Waals surface area contributed by atoms with E-state index in [1.54, 1.807) is 25.6 Å². The van der Waals surface area contributed by atoms with Crippen LogP contribution in [0.3, 0.4) is 0 Å². The topological polar surface area (TPSA) is 74.6 Å². The third-order valence-electron chi connectivity index (χ3n) is 4.88. The van der Waals surface area contributed by atoms with E-state index in [9.17, 15) is 10.1 Å². The first-order valence-corrected chi connectivity index (χ1v) is 10.1. The average molecular weight is 400 g/mol. The van der Waals surface area contributed by atoms with Crippen LogP contribution in [0.15, 0.2) is 18.2 Å². The van der Waals surface area contributed by atoms with Crippen LogP contribution < -0.4 is 14.8 Å². The Morgan fingerprint density at radius 3 is 2.79 bits per heavy atom. The van der Waals surface area contributed by atoms with Crippen LogP contribution in [0.25, 0.3) is 0 Å². The lowest BCUT2D eigenvalue weighted by atomic mass is 9.96. The van der Waals surface area contributed by atoms with Gasteiger partial charge in [0.1, 0.15) is 22.6 Å². The number of benzene rings is 1. The van der Waals surface area contributed by atoms with Crippen molar-refractivity contribution in [3.63, 3.8) is 0 Å². The number of carbonyl (C=O) groups excluding carboxylic acids is 1. The van der Waals surface area contributed by atoms with Crippen molar-refractivity contribution in [1.82, 2.24) is 4.90 Å². The maximum absolute atomic E-state index is 12.5. The summed E-state index contributed by atoms with van der Waals surface area (Å²) in [6.45, 7) is 0.787. The lowest BCUT2D eigenvalue weighted by Gasteiger charge is -2.18. The molecule has 0 radical (unpaired) electrons. The summed E-state index contributed by atoms with van der Waals surface area (Å²) in [6.07, 6.45) is 4.19. The van der Waals surface area contributed by atoms with Gasteiger partial charge in [0.25, 0.3) is 0 Å². The molecule has 0 saturated carbocycles. The molecule has 7 heteroatoms. The molecule has 1 aromatic carbocycles. The molecule has 0 bridgehead atoms. The van der Waals surface area contributed by atoms with E-state index in [0.29, 0.717) is 17.1 Å². The summed E-state index contributed by atoms with van der Waals surface area (Å²) in [4.78, 5) is 15.7. The van der Waals surface area contributed by atoms with Crippen molar-refractivity contribution >= 4 is 22.2 Å². The molecule has 0 atom stereocenters. The molecule has 3 rings (SSSR count). The number of likely N-dealkylation sites (N-methyl/N-ethyl adjacent to an activating group) is 1. The summed E-state index contributed by atoms with van der Waals surface area (Å²) < 4.78 is 10.6. The van der Waals surface area contributed by atoms with Crippen molar-refractivity contribution in [2.45, 2.75) is 32.2 Å². The predicted molar refractivity (Wildman–Crippen MR) is 110 cm³/mol. The van der Waals surface area contributed by atoms with E-state index in [4.69, 9.17) is 9.47 Å². The molecule has 1 aliphatic carbocycles. The maximum atomic E-state index is 12.5. The molecular weight excluding hydrogens is 374 g/mol. The van der Waals surface area contributed by atoms with Gasteiger partial charge in [0, 0.05) is 23.1 Å². The molecule has 1 aromatic heterocycles. The fraction of sp³-hybridized carbons (Fsp3) is 0.429. The Morgan fingerprint density at radius 1 is 1.29 bits per heavy atom. The molecule has 0 spiro atoms. The van der Waals surface area contributed by atoms with Crippen LogP contribution in [-0.4, -0.2) is 38.6 Å². The molecule has 0 saturated heterocycles. The summed E-state index contributed by atoms with van der Waals surface area (Å²) >= 11 is 1.55. The standard InChI is InChI=1S/C21H25N3O3S/c1-24(12-14-8-9-15(26-2)10-18(14)27-3)13-20(25)23-21-17(11-22)16-6-4-5-7-19(16)28-21/h8-10H,4-7,12-13H2,1-3H3,(H,23,25). The van der Waals surface area contributed by atoms with E-state index in [1.807, 2.05) is 30.1 Å².